The van der Waals surface area contributed by atoms with Crippen LogP contribution < -0.4 is 5.32 Å². The van der Waals surface area contributed by atoms with Gasteiger partial charge in [-0.3, -0.25) is 5.32 Å². The van der Waals surface area contributed by atoms with Gasteiger partial charge in [-0.25, -0.2) is 0 Å². The Balaban J connectivity index is 2.93. The average Bonchev–Trinajstić information content (AvgIpc) is 2.25. The molecule has 0 aliphatic rings. The predicted octanol–water partition coefficient (Wildman–Crippen LogP) is 3.27. The standard InChI is InChI=1S/C13H16IN/c1-4-9-15-12(5-2)11-8-6-7-10(3)13(11)14/h2,6-8,12,15H,4,9H2,1,3H3. The first-order chi connectivity index (χ1) is 7.20. The Labute approximate surface area is 106 Å². The Kier molecular flexibility index (Phi) is 5.13. The van der Waals surface area contributed by atoms with Crippen LogP contribution in [0.5, 0.6) is 0 Å². The third-order valence-corrected chi connectivity index (χ3v) is 3.77. The van der Waals surface area contributed by atoms with Crippen LogP contribution in [0.4, 0.5) is 0 Å². The van der Waals surface area contributed by atoms with Crippen LogP contribution in [0.25, 0.3) is 0 Å². The van der Waals surface area contributed by atoms with Crippen LogP contribution in [0.15, 0.2) is 18.2 Å². The van der Waals surface area contributed by atoms with Crippen molar-refractivity contribution in [3.05, 3.63) is 32.9 Å². The molecule has 0 radical (unpaired) electrons. The van der Waals surface area contributed by atoms with E-state index in [9.17, 15) is 0 Å². The van der Waals surface area contributed by atoms with E-state index in [1.807, 2.05) is 0 Å². The van der Waals surface area contributed by atoms with Crippen LogP contribution in [-0.4, -0.2) is 6.54 Å². The molecule has 0 heterocycles. The van der Waals surface area contributed by atoms with Crippen molar-refractivity contribution in [1.82, 2.24) is 5.32 Å². The van der Waals surface area contributed by atoms with Crippen LogP contribution in [0, 0.1) is 22.8 Å². The second-order valence-corrected chi connectivity index (χ2v) is 4.61. The highest BCUT2D eigenvalue weighted by molar-refractivity contribution is 14.1. The van der Waals surface area contributed by atoms with E-state index in [1.54, 1.807) is 0 Å². The van der Waals surface area contributed by atoms with E-state index in [4.69, 9.17) is 6.42 Å². The van der Waals surface area contributed by atoms with Gasteiger partial charge in [0.2, 0.25) is 0 Å². The molecule has 0 spiro atoms. The van der Waals surface area contributed by atoms with Gasteiger partial charge >= 0.3 is 0 Å². The maximum atomic E-state index is 5.55. The van der Waals surface area contributed by atoms with Crippen molar-refractivity contribution < 1.29 is 0 Å². The third-order valence-electron chi connectivity index (χ3n) is 2.30. The van der Waals surface area contributed by atoms with Gasteiger partial charge < -0.3 is 0 Å². The van der Waals surface area contributed by atoms with E-state index in [0.29, 0.717) is 0 Å². The lowest BCUT2D eigenvalue weighted by Gasteiger charge is -2.15. The van der Waals surface area contributed by atoms with Crippen molar-refractivity contribution in [3.63, 3.8) is 0 Å². The van der Waals surface area contributed by atoms with E-state index in [2.05, 4.69) is 65.9 Å². The van der Waals surface area contributed by atoms with Gasteiger partial charge in [-0.1, -0.05) is 31.0 Å². The summed E-state index contributed by atoms with van der Waals surface area (Å²) < 4.78 is 1.27. The molecule has 1 rings (SSSR count). The van der Waals surface area contributed by atoms with Crippen LogP contribution in [0.2, 0.25) is 0 Å². The zero-order chi connectivity index (χ0) is 11.3. The van der Waals surface area contributed by atoms with Gasteiger partial charge in [-0.05, 0) is 53.6 Å². The number of benzene rings is 1. The summed E-state index contributed by atoms with van der Waals surface area (Å²) in [5.74, 6) is 2.81. The zero-order valence-electron chi connectivity index (χ0n) is 9.18. The van der Waals surface area contributed by atoms with Crippen molar-refractivity contribution >= 4 is 22.6 Å². The highest BCUT2D eigenvalue weighted by Crippen LogP contribution is 2.22. The molecule has 2 heteroatoms. The van der Waals surface area contributed by atoms with Gasteiger partial charge in [0, 0.05) is 3.57 Å². The molecule has 1 nitrogen and oxygen atoms in total. The van der Waals surface area contributed by atoms with Crippen LogP contribution in [0.1, 0.15) is 30.5 Å². The molecule has 1 aromatic carbocycles. The average molecular weight is 313 g/mol. The second-order valence-electron chi connectivity index (χ2n) is 3.53. The molecule has 1 atom stereocenters. The van der Waals surface area contributed by atoms with Crippen LogP contribution in [0.3, 0.4) is 0 Å². The Morgan fingerprint density at radius 2 is 2.27 bits per heavy atom. The lowest BCUT2D eigenvalue weighted by atomic mass is 10.1. The van der Waals surface area contributed by atoms with Crippen molar-refractivity contribution in [2.24, 2.45) is 0 Å². The van der Waals surface area contributed by atoms with Crippen molar-refractivity contribution in [3.8, 4) is 12.3 Å². The van der Waals surface area contributed by atoms with Crippen molar-refractivity contribution in [2.75, 3.05) is 6.54 Å². The van der Waals surface area contributed by atoms with Gasteiger partial charge in [0.05, 0.1) is 6.04 Å². The Morgan fingerprint density at radius 1 is 1.53 bits per heavy atom. The minimum Gasteiger partial charge on any atom is -0.300 e. The number of halogens is 1. The highest BCUT2D eigenvalue weighted by Gasteiger charge is 2.11. The van der Waals surface area contributed by atoms with E-state index in [-0.39, 0.29) is 6.04 Å². The van der Waals surface area contributed by atoms with Gasteiger partial charge in [0.1, 0.15) is 0 Å². The molecule has 15 heavy (non-hydrogen) atoms. The summed E-state index contributed by atoms with van der Waals surface area (Å²) in [5.41, 5.74) is 2.50. The van der Waals surface area contributed by atoms with E-state index in [1.165, 1.54) is 14.7 Å². The summed E-state index contributed by atoms with van der Waals surface area (Å²) in [6.07, 6.45) is 6.65. The molecule has 0 aliphatic carbocycles. The number of rotatable bonds is 4. The number of hydrogen-bond donors (Lipinski definition) is 1. The SMILES string of the molecule is C#CC(NCCC)c1cccc(C)c1I. The minimum atomic E-state index is 0.0387. The number of aryl methyl sites for hydroxylation is 1. The molecule has 80 valence electrons. The molecule has 0 bridgehead atoms. The summed E-state index contributed by atoms with van der Waals surface area (Å²) in [6, 6.07) is 6.31. The van der Waals surface area contributed by atoms with Crippen LogP contribution >= 0.6 is 22.6 Å². The molecule has 0 amide bonds. The maximum Gasteiger partial charge on any atom is 0.0953 e. The fourth-order valence-electron chi connectivity index (χ4n) is 1.44. The fraction of sp³-hybridized carbons (Fsp3) is 0.385. The first-order valence-corrected chi connectivity index (χ1v) is 6.23. The third kappa shape index (κ3) is 3.22. The van der Waals surface area contributed by atoms with Gasteiger partial charge in [-0.15, -0.1) is 6.42 Å². The zero-order valence-corrected chi connectivity index (χ0v) is 11.3. The fourth-order valence-corrected chi connectivity index (χ4v) is 2.11. The first-order valence-electron chi connectivity index (χ1n) is 5.15. The van der Waals surface area contributed by atoms with Crippen LogP contribution in [-0.2, 0) is 0 Å². The van der Waals surface area contributed by atoms with Crippen molar-refractivity contribution in [1.29, 1.82) is 0 Å². The molecular formula is C13H16IN. The normalized spacial score (nSPS) is 12.1. The molecule has 1 aromatic rings. The molecule has 0 fully saturated rings. The summed E-state index contributed by atoms with van der Waals surface area (Å²) in [6.45, 7) is 5.21. The second kappa shape index (κ2) is 6.14. The van der Waals surface area contributed by atoms with Crippen molar-refractivity contribution in [2.45, 2.75) is 26.3 Å². The number of terminal acetylenes is 1. The maximum absolute atomic E-state index is 5.55. The monoisotopic (exact) mass is 313 g/mol. The quantitative estimate of drug-likeness (QED) is 0.664. The van der Waals surface area contributed by atoms with Gasteiger partial charge in [0.25, 0.3) is 0 Å². The minimum absolute atomic E-state index is 0.0387. The molecule has 0 aromatic heterocycles. The largest absolute Gasteiger partial charge is 0.300 e. The van der Waals surface area contributed by atoms with E-state index in [0.717, 1.165) is 13.0 Å². The topological polar surface area (TPSA) is 12.0 Å². The first kappa shape index (κ1) is 12.5. The number of nitrogens with one attached hydrogen (secondary N) is 1. The lowest BCUT2D eigenvalue weighted by molar-refractivity contribution is 0.624. The molecule has 1 unspecified atom stereocenters. The summed E-state index contributed by atoms with van der Waals surface area (Å²) in [5, 5.41) is 3.36. The summed E-state index contributed by atoms with van der Waals surface area (Å²) in [7, 11) is 0. The lowest BCUT2D eigenvalue weighted by Crippen LogP contribution is -2.21. The summed E-state index contributed by atoms with van der Waals surface area (Å²) >= 11 is 2.36. The molecule has 1 N–H and O–H groups in total. The predicted molar refractivity (Wildman–Crippen MR) is 73.8 cm³/mol. The van der Waals surface area contributed by atoms with E-state index < -0.39 is 0 Å². The smallest absolute Gasteiger partial charge is 0.0953 e. The molecule has 0 saturated heterocycles. The molecule has 0 saturated carbocycles. The molecular weight excluding hydrogens is 297 g/mol. The highest BCUT2D eigenvalue weighted by atomic mass is 127. The number of hydrogen-bond acceptors (Lipinski definition) is 1. The Bertz CT molecular complexity index is 365. The van der Waals surface area contributed by atoms with E-state index >= 15 is 0 Å². The van der Waals surface area contributed by atoms with Gasteiger partial charge in [0.15, 0.2) is 0 Å². The summed E-state index contributed by atoms with van der Waals surface area (Å²) in [4.78, 5) is 0. The Morgan fingerprint density at radius 3 is 2.87 bits per heavy atom. The van der Waals surface area contributed by atoms with Gasteiger partial charge in [-0.2, -0.15) is 0 Å². The molecule has 0 aliphatic heterocycles. The Hall–Kier alpha value is -0.530.